The lowest BCUT2D eigenvalue weighted by Gasteiger charge is -2.03. The van der Waals surface area contributed by atoms with Crippen molar-refractivity contribution in [3.63, 3.8) is 0 Å². The molecule has 0 radical (unpaired) electrons. The molecule has 0 atom stereocenters. The Morgan fingerprint density at radius 3 is 2.70 bits per heavy atom. The number of carbonyl (C=O) groups excluding carboxylic acids is 1. The minimum absolute atomic E-state index is 0.121. The number of imidazole rings is 1. The predicted molar refractivity (Wildman–Crippen MR) is 133 cm³/mol. The molecule has 5 rings (SSSR count). The molecule has 0 bridgehead atoms. The number of halogens is 1. The van der Waals surface area contributed by atoms with Gasteiger partial charge in [0.1, 0.15) is 21.6 Å². The summed E-state index contributed by atoms with van der Waals surface area (Å²) >= 11 is 4.95. The highest BCUT2D eigenvalue weighted by Crippen LogP contribution is 2.30. The molecule has 0 fully saturated rings. The minimum atomic E-state index is -0.354. The van der Waals surface area contributed by atoms with E-state index in [9.17, 15) is 9.59 Å². The van der Waals surface area contributed by atoms with E-state index >= 15 is 0 Å². The first-order valence-corrected chi connectivity index (χ1v) is 12.0. The van der Waals surface area contributed by atoms with Gasteiger partial charge in [0.2, 0.25) is 0 Å². The van der Waals surface area contributed by atoms with E-state index in [4.69, 9.17) is 9.15 Å². The second-order valence-corrected chi connectivity index (χ2v) is 9.45. The summed E-state index contributed by atoms with van der Waals surface area (Å²) in [7, 11) is 0. The van der Waals surface area contributed by atoms with Gasteiger partial charge in [0.15, 0.2) is 4.96 Å². The van der Waals surface area contributed by atoms with E-state index in [0.717, 1.165) is 32.2 Å². The average Bonchev–Trinajstić information content (AvgIpc) is 3.49. The fourth-order valence-electron chi connectivity index (χ4n) is 3.68. The number of hydrogen-bond donors (Lipinski definition) is 0. The van der Waals surface area contributed by atoms with Gasteiger partial charge in [-0.2, -0.15) is 0 Å². The molecule has 0 saturated carbocycles. The Labute approximate surface area is 201 Å². The topological polar surface area (TPSA) is 73.8 Å². The second-order valence-electron chi connectivity index (χ2n) is 7.65. The monoisotopic (exact) mass is 522 g/mol. The maximum absolute atomic E-state index is 13.1. The van der Waals surface area contributed by atoms with E-state index in [0.29, 0.717) is 33.2 Å². The van der Waals surface area contributed by atoms with Gasteiger partial charge in [-0.3, -0.25) is 4.79 Å². The van der Waals surface area contributed by atoms with Crippen LogP contribution in [0.4, 0.5) is 0 Å². The molecule has 0 amide bonds. The molecule has 2 aromatic carbocycles. The van der Waals surface area contributed by atoms with Crippen LogP contribution in [0, 0.1) is 13.8 Å². The number of aromatic nitrogens is 2. The highest BCUT2D eigenvalue weighted by atomic mass is 79.9. The lowest BCUT2D eigenvalue weighted by molar-refractivity contribution is 0.0526. The number of hydrogen-bond acceptors (Lipinski definition) is 6. The number of rotatable bonds is 4. The van der Waals surface area contributed by atoms with E-state index in [-0.39, 0.29) is 11.5 Å². The third-order valence-corrected chi connectivity index (χ3v) is 7.50. The van der Waals surface area contributed by atoms with Gasteiger partial charge in [0.25, 0.3) is 5.56 Å². The molecule has 3 heterocycles. The number of thiazole rings is 1. The van der Waals surface area contributed by atoms with Crippen LogP contribution in [0.15, 0.2) is 56.1 Å². The number of ether oxygens (including phenoxy) is 1. The molecule has 0 aliphatic carbocycles. The molecule has 5 aromatic rings. The SMILES string of the molecule is CCOC(=O)c1ccc(-c2ccc(/C=c3\sc4nc5c(Br)c(C)c(C)cc5n4c3=O)o2)cc1. The molecular weight excluding hydrogens is 504 g/mol. The Hall–Kier alpha value is -3.23. The highest BCUT2D eigenvalue weighted by molar-refractivity contribution is 9.10. The quantitative estimate of drug-likeness (QED) is 0.300. The number of esters is 1. The smallest absolute Gasteiger partial charge is 0.338 e. The number of aryl methyl sites for hydroxylation is 1. The summed E-state index contributed by atoms with van der Waals surface area (Å²) in [5.41, 5.74) is 4.99. The van der Waals surface area contributed by atoms with Crippen LogP contribution in [0.25, 0.3) is 33.4 Å². The molecule has 3 aromatic heterocycles. The molecule has 0 saturated heterocycles. The van der Waals surface area contributed by atoms with Crippen LogP contribution in [0.3, 0.4) is 0 Å². The third-order valence-electron chi connectivity index (χ3n) is 5.56. The van der Waals surface area contributed by atoms with Gasteiger partial charge < -0.3 is 9.15 Å². The zero-order chi connectivity index (χ0) is 23.3. The summed E-state index contributed by atoms with van der Waals surface area (Å²) in [5, 5.41) is 0. The zero-order valence-corrected chi connectivity index (χ0v) is 20.5. The van der Waals surface area contributed by atoms with Gasteiger partial charge in [-0.05, 0) is 78.2 Å². The second kappa shape index (κ2) is 8.28. The summed E-state index contributed by atoms with van der Waals surface area (Å²) in [4.78, 5) is 30.3. The molecule has 0 aliphatic rings. The maximum Gasteiger partial charge on any atom is 0.338 e. The van der Waals surface area contributed by atoms with Crippen molar-refractivity contribution in [3.8, 4) is 11.3 Å². The Bertz CT molecular complexity index is 1640. The Balaban J connectivity index is 1.52. The number of benzene rings is 2. The van der Waals surface area contributed by atoms with Crippen LogP contribution in [0.5, 0.6) is 0 Å². The normalized spacial score (nSPS) is 12.2. The van der Waals surface area contributed by atoms with E-state index < -0.39 is 0 Å². The number of nitrogens with zero attached hydrogens (tertiary/aromatic N) is 2. The highest BCUT2D eigenvalue weighted by Gasteiger charge is 2.16. The molecule has 8 heteroatoms. The minimum Gasteiger partial charge on any atom is -0.462 e. The third kappa shape index (κ3) is 3.69. The number of carbonyl (C=O) groups is 1. The van der Waals surface area contributed by atoms with E-state index in [2.05, 4.69) is 20.9 Å². The lowest BCUT2D eigenvalue weighted by atomic mass is 10.1. The molecule has 166 valence electrons. The van der Waals surface area contributed by atoms with Crippen molar-refractivity contribution in [1.82, 2.24) is 9.38 Å². The molecule has 0 spiro atoms. The Morgan fingerprint density at radius 1 is 1.21 bits per heavy atom. The fourth-order valence-corrected chi connectivity index (χ4v) is 5.24. The van der Waals surface area contributed by atoms with Gasteiger partial charge in [-0.25, -0.2) is 14.2 Å². The molecule has 0 unspecified atom stereocenters. The van der Waals surface area contributed by atoms with Crippen LogP contribution < -0.4 is 10.1 Å². The van der Waals surface area contributed by atoms with Gasteiger partial charge in [-0.15, -0.1) is 0 Å². The van der Waals surface area contributed by atoms with Crippen molar-refractivity contribution in [1.29, 1.82) is 0 Å². The van der Waals surface area contributed by atoms with Crippen LogP contribution >= 0.6 is 27.3 Å². The average molecular weight is 523 g/mol. The van der Waals surface area contributed by atoms with Crippen molar-refractivity contribution < 1.29 is 13.9 Å². The van der Waals surface area contributed by atoms with E-state index in [1.165, 1.54) is 11.3 Å². The van der Waals surface area contributed by atoms with Gasteiger partial charge in [-0.1, -0.05) is 23.5 Å². The first-order chi connectivity index (χ1) is 15.9. The molecule has 0 N–H and O–H groups in total. The van der Waals surface area contributed by atoms with Gasteiger partial charge in [0, 0.05) is 16.1 Å². The van der Waals surface area contributed by atoms with Crippen LogP contribution in [-0.2, 0) is 4.74 Å². The van der Waals surface area contributed by atoms with Crippen molar-refractivity contribution in [3.05, 3.63) is 84.3 Å². The number of fused-ring (bicyclic) bond motifs is 3. The molecular formula is C25H19BrN2O4S. The van der Waals surface area contributed by atoms with E-state index in [1.54, 1.807) is 41.7 Å². The molecule has 6 nitrogen and oxygen atoms in total. The summed E-state index contributed by atoms with van der Waals surface area (Å²) < 4.78 is 14.1. The first kappa shape index (κ1) is 21.6. The standard InChI is InChI=1S/C25H19BrN2O4S/c1-4-31-24(30)16-7-5-15(6-8-16)19-10-9-17(32-19)12-20-23(29)28-18-11-13(2)14(3)21(26)22(18)27-25(28)33-20/h5-12H,4H2,1-3H3/b20-12-. The first-order valence-electron chi connectivity index (χ1n) is 10.4. The predicted octanol–water partition coefficient (Wildman–Crippen LogP) is 5.27. The summed E-state index contributed by atoms with van der Waals surface area (Å²) in [5.74, 6) is 0.859. The van der Waals surface area contributed by atoms with Crippen LogP contribution in [0.1, 0.15) is 34.2 Å². The molecule has 0 aliphatic heterocycles. The van der Waals surface area contributed by atoms with Crippen molar-refractivity contribution >= 4 is 55.3 Å². The fraction of sp³-hybridized carbons (Fsp3) is 0.160. The van der Waals surface area contributed by atoms with Crippen LogP contribution in [-0.4, -0.2) is 22.0 Å². The largest absolute Gasteiger partial charge is 0.462 e. The van der Waals surface area contributed by atoms with Crippen LogP contribution in [0.2, 0.25) is 0 Å². The lowest BCUT2D eigenvalue weighted by Crippen LogP contribution is -2.22. The van der Waals surface area contributed by atoms with Crippen molar-refractivity contribution in [2.75, 3.05) is 6.61 Å². The van der Waals surface area contributed by atoms with Crippen molar-refractivity contribution in [2.24, 2.45) is 0 Å². The summed E-state index contributed by atoms with van der Waals surface area (Å²) in [6.45, 7) is 6.16. The van der Waals surface area contributed by atoms with Gasteiger partial charge in [0.05, 0.1) is 17.7 Å². The van der Waals surface area contributed by atoms with E-state index in [1.807, 2.05) is 32.0 Å². The maximum atomic E-state index is 13.1. The van der Waals surface area contributed by atoms with Crippen molar-refractivity contribution in [2.45, 2.75) is 20.8 Å². The Morgan fingerprint density at radius 2 is 1.97 bits per heavy atom. The molecule has 33 heavy (non-hydrogen) atoms. The summed E-state index contributed by atoms with van der Waals surface area (Å²) in [6, 6.07) is 12.7. The number of furan rings is 1. The van der Waals surface area contributed by atoms with Gasteiger partial charge >= 0.3 is 5.97 Å². The summed E-state index contributed by atoms with van der Waals surface area (Å²) in [6.07, 6.45) is 1.74. The zero-order valence-electron chi connectivity index (χ0n) is 18.1. The Kier molecular flexibility index (Phi) is 5.42.